The van der Waals surface area contributed by atoms with E-state index in [1.807, 2.05) is 0 Å². The topological polar surface area (TPSA) is 23.4 Å². The molecule has 1 heterocycles. The molecular weight excluding hydrogens is 554 g/mol. The van der Waals surface area contributed by atoms with Gasteiger partial charge >= 0.3 is 0 Å². The highest BCUT2D eigenvalue weighted by Gasteiger charge is 2.29. The van der Waals surface area contributed by atoms with E-state index in [2.05, 4.69) is 74.5 Å². The van der Waals surface area contributed by atoms with Crippen LogP contribution in [0.4, 0.5) is 0 Å². The average molecular weight is 587 g/mol. The maximum Gasteiger partial charge on any atom is 0.141 e. The molecule has 0 bridgehead atoms. The van der Waals surface area contributed by atoms with Crippen LogP contribution in [0, 0.1) is 13.8 Å². The van der Waals surface area contributed by atoms with Crippen LogP contribution in [-0.2, 0) is 32.2 Å². The van der Waals surface area contributed by atoms with E-state index in [1.54, 1.807) is 7.11 Å². The van der Waals surface area contributed by atoms with E-state index in [0.29, 0.717) is 6.61 Å². The molecule has 0 saturated carbocycles. The molecule has 2 aliphatic carbocycles. The number of benzene rings is 2. The van der Waals surface area contributed by atoms with Crippen molar-refractivity contribution in [1.29, 1.82) is 0 Å². The molecule has 34 heavy (non-hydrogen) atoms. The Bertz CT molecular complexity index is 1210. The largest absolute Gasteiger partial charge is 0.495 e. The number of methoxy groups -OCH3 is 1. The van der Waals surface area contributed by atoms with Crippen molar-refractivity contribution < 1.29 is 9.47 Å². The van der Waals surface area contributed by atoms with Gasteiger partial charge in [-0.2, -0.15) is 0 Å². The van der Waals surface area contributed by atoms with Gasteiger partial charge < -0.3 is 14.0 Å². The van der Waals surface area contributed by atoms with Crippen LogP contribution in [0.2, 0.25) is 0 Å². The average Bonchev–Trinajstić information content (AvgIpc) is 3.15. The van der Waals surface area contributed by atoms with Gasteiger partial charge in [0.2, 0.25) is 0 Å². The molecule has 0 aliphatic heterocycles. The molecule has 2 aromatic carbocycles. The first-order valence-electron chi connectivity index (χ1n) is 12.5. The fourth-order valence-electron chi connectivity index (χ4n) is 5.86. The third kappa shape index (κ3) is 4.35. The second kappa shape index (κ2) is 10.1. The summed E-state index contributed by atoms with van der Waals surface area (Å²) < 4.78 is 17.1. The monoisotopic (exact) mass is 585 g/mol. The van der Waals surface area contributed by atoms with Crippen LogP contribution in [0.15, 0.2) is 33.2 Å². The molecule has 5 rings (SSSR count). The molecule has 5 heteroatoms. The lowest BCUT2D eigenvalue weighted by Crippen LogP contribution is -2.14. The Balaban J connectivity index is 1.66. The first kappa shape index (κ1) is 24.0. The minimum absolute atomic E-state index is 0.624. The zero-order valence-electron chi connectivity index (χ0n) is 20.4. The van der Waals surface area contributed by atoms with Crippen molar-refractivity contribution in [2.75, 3.05) is 13.7 Å². The van der Waals surface area contributed by atoms with Gasteiger partial charge in [0.05, 0.1) is 22.6 Å². The molecule has 3 nitrogen and oxygen atoms in total. The number of aryl methyl sites for hydroxylation is 4. The van der Waals surface area contributed by atoms with Gasteiger partial charge in [-0.25, -0.2) is 0 Å². The maximum atomic E-state index is 6.66. The Morgan fingerprint density at radius 3 is 1.82 bits per heavy atom. The van der Waals surface area contributed by atoms with Gasteiger partial charge in [0.15, 0.2) is 0 Å². The first-order chi connectivity index (χ1) is 16.5. The Morgan fingerprint density at radius 2 is 1.26 bits per heavy atom. The predicted octanol–water partition coefficient (Wildman–Crippen LogP) is 8.14. The summed E-state index contributed by atoms with van der Waals surface area (Å²) in [7, 11) is 1.79. The van der Waals surface area contributed by atoms with Gasteiger partial charge in [-0.15, -0.1) is 0 Å². The molecule has 0 amide bonds. The summed E-state index contributed by atoms with van der Waals surface area (Å²) in [6.45, 7) is 5.78. The van der Waals surface area contributed by atoms with Gasteiger partial charge in [-0.3, -0.25) is 0 Å². The molecule has 0 atom stereocenters. The van der Waals surface area contributed by atoms with E-state index in [9.17, 15) is 0 Å². The minimum Gasteiger partial charge on any atom is -0.495 e. The van der Waals surface area contributed by atoms with Crippen molar-refractivity contribution >= 4 is 31.9 Å². The smallest absolute Gasteiger partial charge is 0.141 e. The number of fused-ring (bicyclic) bond motifs is 2. The summed E-state index contributed by atoms with van der Waals surface area (Å²) in [5.74, 6) is 1.90. The first-order valence-corrected chi connectivity index (χ1v) is 14.1. The SMILES string of the molecule is COc1c(Br)cc2c(c1-c1c3c(cc(Br)c1OCCn1c(C)ccc1C)CCCC3)CCCC2. The quantitative estimate of drug-likeness (QED) is 0.291. The molecule has 180 valence electrons. The Morgan fingerprint density at radius 1 is 0.765 bits per heavy atom. The molecular formula is C29H33Br2NO2. The highest BCUT2D eigenvalue weighted by molar-refractivity contribution is 9.11. The lowest BCUT2D eigenvalue weighted by atomic mass is 9.80. The van der Waals surface area contributed by atoms with Crippen molar-refractivity contribution in [3.05, 3.63) is 66.9 Å². The summed E-state index contributed by atoms with van der Waals surface area (Å²) >= 11 is 7.74. The van der Waals surface area contributed by atoms with Crippen LogP contribution >= 0.6 is 31.9 Å². The van der Waals surface area contributed by atoms with Crippen LogP contribution in [0.5, 0.6) is 11.5 Å². The van der Waals surface area contributed by atoms with Crippen LogP contribution in [0.1, 0.15) is 59.3 Å². The van der Waals surface area contributed by atoms with Crippen LogP contribution in [0.25, 0.3) is 11.1 Å². The van der Waals surface area contributed by atoms with E-state index in [-0.39, 0.29) is 0 Å². The third-order valence-electron chi connectivity index (χ3n) is 7.55. The Hall–Kier alpha value is -1.72. The van der Waals surface area contributed by atoms with Gasteiger partial charge in [0.25, 0.3) is 0 Å². The van der Waals surface area contributed by atoms with Gasteiger partial charge in [-0.1, -0.05) is 0 Å². The standard InChI is InChI=1S/C29H33Br2NO2/c1-18-12-13-19(2)32(18)14-15-34-29-25(31)17-21-9-5-7-11-23(21)27(29)26-22-10-6-4-8-20(22)16-24(30)28(26)33-3/h12-13,16-17H,4-11,14-15H2,1-3H3. The van der Waals surface area contributed by atoms with Gasteiger partial charge in [0.1, 0.15) is 18.1 Å². The summed E-state index contributed by atoms with van der Waals surface area (Å²) in [4.78, 5) is 0. The number of ether oxygens (including phenoxy) is 2. The van der Waals surface area contributed by atoms with Crippen molar-refractivity contribution in [2.45, 2.75) is 71.8 Å². The van der Waals surface area contributed by atoms with E-state index >= 15 is 0 Å². The fourth-order valence-corrected chi connectivity index (χ4v) is 7.08. The minimum atomic E-state index is 0.624. The lowest BCUT2D eigenvalue weighted by molar-refractivity contribution is 0.295. The summed E-state index contributed by atoms with van der Waals surface area (Å²) in [6, 6.07) is 8.93. The molecule has 0 radical (unpaired) electrons. The molecule has 1 aromatic heterocycles. The maximum absolute atomic E-state index is 6.66. The van der Waals surface area contributed by atoms with Crippen molar-refractivity contribution in [1.82, 2.24) is 4.57 Å². The number of nitrogens with zero attached hydrogens (tertiary/aromatic N) is 1. The summed E-state index contributed by atoms with van der Waals surface area (Å²) in [5.41, 5.74) is 10.8. The van der Waals surface area contributed by atoms with Gasteiger partial charge in [0, 0.05) is 22.5 Å². The molecule has 0 spiro atoms. The lowest BCUT2D eigenvalue weighted by Gasteiger charge is -2.29. The number of hydrogen-bond acceptors (Lipinski definition) is 2. The summed E-state index contributed by atoms with van der Waals surface area (Å²) in [5, 5.41) is 0. The van der Waals surface area contributed by atoms with Crippen LogP contribution < -0.4 is 9.47 Å². The molecule has 0 fully saturated rings. The number of aromatic nitrogens is 1. The highest BCUT2D eigenvalue weighted by Crippen LogP contribution is 2.51. The van der Waals surface area contributed by atoms with E-state index < -0.39 is 0 Å². The molecule has 0 unspecified atom stereocenters. The molecule has 3 aromatic rings. The van der Waals surface area contributed by atoms with Crippen LogP contribution in [-0.4, -0.2) is 18.3 Å². The highest BCUT2D eigenvalue weighted by atomic mass is 79.9. The van der Waals surface area contributed by atoms with Crippen LogP contribution in [0.3, 0.4) is 0 Å². The second-order valence-corrected chi connectivity index (χ2v) is 11.3. The van der Waals surface area contributed by atoms with E-state index in [0.717, 1.165) is 52.7 Å². The van der Waals surface area contributed by atoms with Gasteiger partial charge in [-0.05, 0) is 144 Å². The second-order valence-electron chi connectivity index (χ2n) is 9.63. The third-order valence-corrected chi connectivity index (χ3v) is 8.73. The zero-order chi connectivity index (χ0) is 23.8. The number of rotatable bonds is 6. The molecule has 2 aliphatic rings. The number of hydrogen-bond donors (Lipinski definition) is 0. The predicted molar refractivity (Wildman–Crippen MR) is 147 cm³/mol. The van der Waals surface area contributed by atoms with E-state index in [1.165, 1.54) is 70.5 Å². The molecule has 0 saturated heterocycles. The fraction of sp³-hybridized carbons (Fsp3) is 0.448. The summed E-state index contributed by atoms with van der Waals surface area (Å²) in [6.07, 6.45) is 9.39. The Labute approximate surface area is 220 Å². The van der Waals surface area contributed by atoms with Crippen molar-refractivity contribution in [2.24, 2.45) is 0 Å². The normalized spacial score (nSPS) is 15.1. The van der Waals surface area contributed by atoms with E-state index in [4.69, 9.17) is 9.47 Å². The molecule has 0 N–H and O–H groups in total. The number of halogens is 2. The van der Waals surface area contributed by atoms with Crippen molar-refractivity contribution in [3.63, 3.8) is 0 Å². The van der Waals surface area contributed by atoms with Crippen molar-refractivity contribution in [3.8, 4) is 22.6 Å². The Kier molecular flexibility index (Phi) is 7.13. The zero-order valence-corrected chi connectivity index (χ0v) is 23.6.